The molecule has 0 radical (unpaired) electrons. The van der Waals surface area contributed by atoms with E-state index in [-0.39, 0.29) is 0 Å². The smallest absolute Gasteiger partial charge is 0.194 e. The largest absolute Gasteiger partial charge is 0.497 e. The van der Waals surface area contributed by atoms with Gasteiger partial charge in [-0.15, -0.1) is 0 Å². The van der Waals surface area contributed by atoms with Gasteiger partial charge in [0.2, 0.25) is 0 Å². The van der Waals surface area contributed by atoms with Gasteiger partial charge in [0.1, 0.15) is 5.75 Å². The molecule has 1 aliphatic rings. The van der Waals surface area contributed by atoms with Gasteiger partial charge in [0.15, 0.2) is 5.96 Å². The Kier molecular flexibility index (Phi) is 5.69. The number of guanidine groups is 1. The van der Waals surface area contributed by atoms with E-state index in [1.165, 1.54) is 21.9 Å². The molecule has 2 aromatic carbocycles. The number of hydrogen-bond acceptors (Lipinski definition) is 3. The number of ether oxygens (including phenoxy) is 1. The van der Waals surface area contributed by atoms with Gasteiger partial charge in [-0.2, -0.15) is 5.10 Å². The summed E-state index contributed by atoms with van der Waals surface area (Å²) >= 11 is 0. The lowest BCUT2D eigenvalue weighted by Crippen LogP contribution is -2.40. The van der Waals surface area contributed by atoms with Gasteiger partial charge in [0.25, 0.3) is 0 Å². The van der Waals surface area contributed by atoms with Crippen molar-refractivity contribution in [3.8, 4) is 5.75 Å². The monoisotopic (exact) mass is 391 g/mol. The number of hydrogen-bond donors (Lipinski definition) is 1. The van der Waals surface area contributed by atoms with Crippen LogP contribution in [0.25, 0.3) is 10.8 Å². The normalized spacial score (nSPS) is 17.1. The van der Waals surface area contributed by atoms with Crippen molar-refractivity contribution in [3.63, 3.8) is 0 Å². The Balaban J connectivity index is 1.48. The number of nitrogens with one attached hydrogen (secondary N) is 1. The number of fused-ring (bicyclic) bond motifs is 1. The fourth-order valence-corrected chi connectivity index (χ4v) is 3.97. The average molecular weight is 392 g/mol. The molecule has 1 N–H and O–H groups in total. The highest BCUT2D eigenvalue weighted by molar-refractivity contribution is 5.85. The van der Waals surface area contributed by atoms with Crippen LogP contribution in [0.3, 0.4) is 0 Å². The van der Waals surface area contributed by atoms with E-state index in [0.29, 0.717) is 12.5 Å². The maximum Gasteiger partial charge on any atom is 0.194 e. The molecular formula is C23H29N5O. The van der Waals surface area contributed by atoms with Crippen molar-refractivity contribution in [2.75, 3.05) is 26.7 Å². The standard InChI is InChI=1S/C23H29N5O/c1-4-24-23(28-10-9-20(16-28)21-14-26-27(2)15-21)25-13-17-5-6-19-12-22(29-3)8-7-18(19)11-17/h5-8,11-12,14-15,20H,4,9-10,13,16H2,1-3H3,(H,24,25). The molecule has 4 rings (SSSR count). The molecular weight excluding hydrogens is 362 g/mol. The number of rotatable bonds is 5. The summed E-state index contributed by atoms with van der Waals surface area (Å²) in [5, 5.41) is 10.2. The van der Waals surface area contributed by atoms with Gasteiger partial charge in [0, 0.05) is 38.8 Å². The lowest BCUT2D eigenvalue weighted by atomic mass is 10.0. The van der Waals surface area contributed by atoms with Crippen molar-refractivity contribution in [2.24, 2.45) is 12.0 Å². The quantitative estimate of drug-likeness (QED) is 0.534. The van der Waals surface area contributed by atoms with E-state index in [9.17, 15) is 0 Å². The van der Waals surface area contributed by atoms with Crippen molar-refractivity contribution < 1.29 is 4.74 Å². The Bertz CT molecular complexity index is 1010. The number of aliphatic imine (C=N–C) groups is 1. The van der Waals surface area contributed by atoms with E-state index in [4.69, 9.17) is 9.73 Å². The van der Waals surface area contributed by atoms with Crippen LogP contribution in [-0.2, 0) is 13.6 Å². The van der Waals surface area contributed by atoms with Gasteiger partial charge in [-0.3, -0.25) is 4.68 Å². The Morgan fingerprint density at radius 2 is 2.07 bits per heavy atom. The highest BCUT2D eigenvalue weighted by atomic mass is 16.5. The zero-order valence-corrected chi connectivity index (χ0v) is 17.4. The van der Waals surface area contributed by atoms with Gasteiger partial charge in [-0.05, 0) is 53.4 Å². The van der Waals surface area contributed by atoms with Gasteiger partial charge < -0.3 is 15.0 Å². The minimum absolute atomic E-state index is 0.517. The van der Waals surface area contributed by atoms with Gasteiger partial charge in [0.05, 0.1) is 19.9 Å². The summed E-state index contributed by atoms with van der Waals surface area (Å²) < 4.78 is 7.20. The average Bonchev–Trinajstić information content (AvgIpc) is 3.39. The van der Waals surface area contributed by atoms with Crippen LogP contribution < -0.4 is 10.1 Å². The maximum atomic E-state index is 5.32. The third-order valence-electron chi connectivity index (χ3n) is 5.54. The number of aryl methyl sites for hydroxylation is 1. The SMILES string of the molecule is CCNC(=NCc1ccc2cc(OC)ccc2c1)N1CCC(c2cnn(C)c2)C1. The first-order chi connectivity index (χ1) is 14.2. The minimum Gasteiger partial charge on any atom is -0.497 e. The second-order valence-electron chi connectivity index (χ2n) is 7.60. The summed E-state index contributed by atoms with van der Waals surface area (Å²) in [6.07, 6.45) is 5.25. The summed E-state index contributed by atoms with van der Waals surface area (Å²) in [6, 6.07) is 12.7. The maximum absolute atomic E-state index is 5.32. The Morgan fingerprint density at radius 3 is 2.83 bits per heavy atom. The molecule has 1 atom stereocenters. The number of methoxy groups -OCH3 is 1. The second kappa shape index (κ2) is 8.55. The molecule has 1 unspecified atom stereocenters. The minimum atomic E-state index is 0.517. The fourth-order valence-electron chi connectivity index (χ4n) is 3.97. The van der Waals surface area contributed by atoms with Crippen LogP contribution in [0.4, 0.5) is 0 Å². The van der Waals surface area contributed by atoms with Crippen LogP contribution in [-0.4, -0.2) is 47.4 Å². The zero-order valence-electron chi connectivity index (χ0n) is 17.4. The van der Waals surface area contributed by atoms with E-state index < -0.39 is 0 Å². The zero-order chi connectivity index (χ0) is 20.2. The van der Waals surface area contributed by atoms with Crippen LogP contribution in [0.2, 0.25) is 0 Å². The Labute approximate surface area is 172 Å². The molecule has 0 saturated carbocycles. The van der Waals surface area contributed by atoms with Crippen molar-refractivity contribution >= 4 is 16.7 Å². The number of aromatic nitrogens is 2. The molecule has 0 spiro atoms. The van der Waals surface area contributed by atoms with Gasteiger partial charge >= 0.3 is 0 Å². The van der Waals surface area contributed by atoms with E-state index in [1.807, 2.05) is 24.0 Å². The molecule has 1 aliphatic heterocycles. The van der Waals surface area contributed by atoms with Crippen LogP contribution in [0.15, 0.2) is 53.8 Å². The van der Waals surface area contributed by atoms with E-state index in [1.54, 1.807) is 7.11 Å². The van der Waals surface area contributed by atoms with E-state index >= 15 is 0 Å². The van der Waals surface area contributed by atoms with Crippen molar-refractivity contribution in [1.82, 2.24) is 20.0 Å². The number of nitrogens with zero attached hydrogens (tertiary/aromatic N) is 4. The lowest BCUT2D eigenvalue weighted by Gasteiger charge is -2.21. The second-order valence-corrected chi connectivity index (χ2v) is 7.60. The van der Waals surface area contributed by atoms with Crippen LogP contribution in [0.1, 0.15) is 30.4 Å². The summed E-state index contributed by atoms with van der Waals surface area (Å²) in [7, 11) is 3.67. The summed E-state index contributed by atoms with van der Waals surface area (Å²) in [6.45, 7) is 5.65. The Morgan fingerprint density at radius 1 is 1.24 bits per heavy atom. The summed E-state index contributed by atoms with van der Waals surface area (Å²) in [4.78, 5) is 7.29. The van der Waals surface area contributed by atoms with Crippen LogP contribution >= 0.6 is 0 Å². The molecule has 1 fully saturated rings. The first kappa shape index (κ1) is 19.3. The van der Waals surface area contributed by atoms with Crippen LogP contribution in [0.5, 0.6) is 5.75 Å². The predicted molar refractivity (Wildman–Crippen MR) is 117 cm³/mol. The third kappa shape index (κ3) is 4.36. The molecule has 6 heteroatoms. The molecule has 0 aliphatic carbocycles. The van der Waals surface area contributed by atoms with Crippen molar-refractivity contribution in [1.29, 1.82) is 0 Å². The summed E-state index contributed by atoms with van der Waals surface area (Å²) in [5.74, 6) is 2.40. The number of likely N-dealkylation sites (tertiary alicyclic amines) is 1. The predicted octanol–water partition coefficient (Wildman–Crippen LogP) is 3.54. The Hall–Kier alpha value is -3.02. The molecule has 1 aromatic heterocycles. The number of benzene rings is 2. The first-order valence-corrected chi connectivity index (χ1v) is 10.2. The third-order valence-corrected chi connectivity index (χ3v) is 5.54. The van der Waals surface area contributed by atoms with Crippen LogP contribution in [0, 0.1) is 0 Å². The highest BCUT2D eigenvalue weighted by Gasteiger charge is 2.26. The molecule has 3 aromatic rings. The van der Waals surface area contributed by atoms with Crippen molar-refractivity contribution in [3.05, 3.63) is 59.9 Å². The van der Waals surface area contributed by atoms with Crippen molar-refractivity contribution in [2.45, 2.75) is 25.8 Å². The summed E-state index contributed by atoms with van der Waals surface area (Å²) in [5.41, 5.74) is 2.52. The van der Waals surface area contributed by atoms with Gasteiger partial charge in [-0.1, -0.05) is 18.2 Å². The molecule has 6 nitrogen and oxygen atoms in total. The van der Waals surface area contributed by atoms with E-state index in [2.05, 4.69) is 58.8 Å². The van der Waals surface area contributed by atoms with Gasteiger partial charge in [-0.25, -0.2) is 4.99 Å². The highest BCUT2D eigenvalue weighted by Crippen LogP contribution is 2.27. The molecule has 0 bridgehead atoms. The lowest BCUT2D eigenvalue weighted by molar-refractivity contribution is 0.415. The first-order valence-electron chi connectivity index (χ1n) is 10.2. The fraction of sp³-hybridized carbons (Fsp3) is 0.391. The molecule has 1 saturated heterocycles. The molecule has 29 heavy (non-hydrogen) atoms. The molecule has 0 amide bonds. The molecule has 2 heterocycles. The molecule has 152 valence electrons. The van der Waals surface area contributed by atoms with E-state index in [0.717, 1.165) is 37.8 Å². The topological polar surface area (TPSA) is 54.7 Å².